The van der Waals surface area contributed by atoms with Crippen LogP contribution in [0.15, 0.2) is 83.5 Å². The molecule has 0 aliphatic rings. The number of para-hydroxylation sites is 1. The van der Waals surface area contributed by atoms with E-state index < -0.39 is 0 Å². The van der Waals surface area contributed by atoms with Crippen molar-refractivity contribution in [2.75, 3.05) is 5.75 Å². The highest BCUT2D eigenvalue weighted by atomic mass is 32.2. The third-order valence-electron chi connectivity index (χ3n) is 4.11. The molecule has 0 fully saturated rings. The van der Waals surface area contributed by atoms with Crippen molar-refractivity contribution in [3.05, 3.63) is 88.9 Å². The Balaban J connectivity index is 1.49. The molecule has 1 N–H and O–H groups in total. The van der Waals surface area contributed by atoms with E-state index in [0.717, 1.165) is 26.4 Å². The zero-order valence-electron chi connectivity index (χ0n) is 14.4. The first-order valence-electron chi connectivity index (χ1n) is 8.51. The molecule has 134 valence electrons. The standard InChI is InChI=1S/C21H17N3OS2/c25-19(13-27-21-16-9-4-5-10-17(16)22-14-23-21)24-20(18-11-6-12-26-18)15-7-2-1-3-8-15/h1-12,14,20H,13H2,(H,24,25). The van der Waals surface area contributed by atoms with Crippen LogP contribution < -0.4 is 5.32 Å². The van der Waals surface area contributed by atoms with Gasteiger partial charge in [-0.05, 0) is 23.1 Å². The van der Waals surface area contributed by atoms with Gasteiger partial charge in [-0.2, -0.15) is 0 Å². The molecule has 0 aliphatic heterocycles. The van der Waals surface area contributed by atoms with Crippen molar-refractivity contribution in [1.82, 2.24) is 15.3 Å². The number of rotatable bonds is 6. The minimum absolute atomic E-state index is 0.0232. The van der Waals surface area contributed by atoms with Gasteiger partial charge in [0.05, 0.1) is 17.3 Å². The van der Waals surface area contributed by atoms with E-state index in [1.807, 2.05) is 72.1 Å². The number of thioether (sulfide) groups is 1. The van der Waals surface area contributed by atoms with Gasteiger partial charge in [-0.25, -0.2) is 9.97 Å². The fourth-order valence-corrected chi connectivity index (χ4v) is 4.45. The van der Waals surface area contributed by atoms with Gasteiger partial charge in [0, 0.05) is 10.3 Å². The summed E-state index contributed by atoms with van der Waals surface area (Å²) in [5.74, 6) is 0.278. The number of thiophene rings is 1. The summed E-state index contributed by atoms with van der Waals surface area (Å²) >= 11 is 3.07. The molecule has 27 heavy (non-hydrogen) atoms. The normalized spacial score (nSPS) is 12.0. The lowest BCUT2D eigenvalue weighted by molar-refractivity contribution is -0.119. The average molecular weight is 392 g/mol. The van der Waals surface area contributed by atoms with Gasteiger partial charge in [0.15, 0.2) is 0 Å². The maximum Gasteiger partial charge on any atom is 0.231 e. The quantitative estimate of drug-likeness (QED) is 0.383. The predicted octanol–water partition coefficient (Wildman–Crippen LogP) is 4.69. The van der Waals surface area contributed by atoms with Gasteiger partial charge in [-0.1, -0.05) is 66.4 Å². The van der Waals surface area contributed by atoms with E-state index in [1.54, 1.807) is 17.7 Å². The van der Waals surface area contributed by atoms with Gasteiger partial charge in [-0.15, -0.1) is 11.3 Å². The molecule has 0 spiro atoms. The van der Waals surface area contributed by atoms with Gasteiger partial charge in [0.25, 0.3) is 0 Å². The van der Waals surface area contributed by atoms with Crippen LogP contribution in [0.2, 0.25) is 0 Å². The molecule has 4 rings (SSSR count). The number of carbonyl (C=O) groups is 1. The summed E-state index contributed by atoms with van der Waals surface area (Å²) in [6.45, 7) is 0. The highest BCUT2D eigenvalue weighted by Crippen LogP contribution is 2.27. The van der Waals surface area contributed by atoms with Crippen LogP contribution in [-0.4, -0.2) is 21.6 Å². The summed E-state index contributed by atoms with van der Waals surface area (Å²) in [7, 11) is 0. The smallest absolute Gasteiger partial charge is 0.231 e. The van der Waals surface area contributed by atoms with Gasteiger partial charge in [0.2, 0.25) is 5.91 Å². The Kier molecular flexibility index (Phi) is 5.46. The maximum absolute atomic E-state index is 12.7. The van der Waals surface area contributed by atoms with Crippen molar-refractivity contribution in [2.45, 2.75) is 11.1 Å². The second-order valence-electron chi connectivity index (χ2n) is 5.91. The third-order valence-corrected chi connectivity index (χ3v) is 6.05. The Bertz CT molecular complexity index is 1030. The molecule has 0 saturated carbocycles. The monoisotopic (exact) mass is 391 g/mol. The topological polar surface area (TPSA) is 54.9 Å². The third kappa shape index (κ3) is 4.18. The van der Waals surface area contributed by atoms with Crippen molar-refractivity contribution < 1.29 is 4.79 Å². The first-order valence-corrected chi connectivity index (χ1v) is 10.4. The molecule has 1 atom stereocenters. The number of amides is 1. The van der Waals surface area contributed by atoms with Crippen LogP contribution in [0.25, 0.3) is 10.9 Å². The van der Waals surface area contributed by atoms with Crippen LogP contribution in [0.5, 0.6) is 0 Å². The van der Waals surface area contributed by atoms with Gasteiger partial charge < -0.3 is 5.32 Å². The van der Waals surface area contributed by atoms with Crippen LogP contribution in [0.1, 0.15) is 16.5 Å². The second kappa shape index (κ2) is 8.33. The lowest BCUT2D eigenvalue weighted by atomic mass is 10.1. The Morgan fingerprint density at radius 1 is 1.00 bits per heavy atom. The zero-order valence-corrected chi connectivity index (χ0v) is 16.0. The number of fused-ring (bicyclic) bond motifs is 1. The van der Waals surface area contributed by atoms with E-state index >= 15 is 0 Å². The Morgan fingerprint density at radius 3 is 2.63 bits per heavy atom. The molecule has 0 saturated heterocycles. The van der Waals surface area contributed by atoms with Crippen molar-refractivity contribution in [3.8, 4) is 0 Å². The SMILES string of the molecule is O=C(CSc1ncnc2ccccc12)NC(c1ccccc1)c1cccs1. The minimum Gasteiger partial charge on any atom is -0.344 e. The summed E-state index contributed by atoms with van der Waals surface area (Å²) in [5, 5.41) is 6.98. The molecule has 4 nitrogen and oxygen atoms in total. The van der Waals surface area contributed by atoms with Crippen molar-refractivity contribution in [3.63, 3.8) is 0 Å². The lowest BCUT2D eigenvalue weighted by Gasteiger charge is -2.18. The Morgan fingerprint density at radius 2 is 1.81 bits per heavy atom. The predicted molar refractivity (Wildman–Crippen MR) is 111 cm³/mol. The Hall–Kier alpha value is -2.70. The van der Waals surface area contributed by atoms with E-state index in [2.05, 4.69) is 15.3 Å². The zero-order chi connectivity index (χ0) is 18.5. The molecule has 1 amide bonds. The highest BCUT2D eigenvalue weighted by Gasteiger charge is 2.18. The summed E-state index contributed by atoms with van der Waals surface area (Å²) in [5.41, 5.74) is 1.96. The largest absolute Gasteiger partial charge is 0.344 e. The number of hydrogen-bond donors (Lipinski definition) is 1. The first kappa shape index (κ1) is 17.7. The molecule has 0 bridgehead atoms. The summed E-state index contributed by atoms with van der Waals surface area (Å²) in [6, 6.07) is 21.8. The highest BCUT2D eigenvalue weighted by molar-refractivity contribution is 8.00. The number of hydrogen-bond acceptors (Lipinski definition) is 5. The Labute approximate surface area is 165 Å². The number of nitrogens with zero attached hydrogens (tertiary/aromatic N) is 2. The van der Waals surface area contributed by atoms with Crippen molar-refractivity contribution >= 4 is 39.9 Å². The van der Waals surface area contributed by atoms with E-state index in [-0.39, 0.29) is 11.9 Å². The van der Waals surface area contributed by atoms with E-state index in [4.69, 9.17) is 0 Å². The molecule has 0 aliphatic carbocycles. The number of nitrogens with one attached hydrogen (secondary N) is 1. The summed E-state index contributed by atoms with van der Waals surface area (Å²) in [4.78, 5) is 22.4. The molecular formula is C21H17N3OS2. The molecule has 2 aromatic carbocycles. The summed E-state index contributed by atoms with van der Waals surface area (Å²) < 4.78 is 0. The van der Waals surface area contributed by atoms with Gasteiger partial charge in [0.1, 0.15) is 11.4 Å². The average Bonchev–Trinajstić information content (AvgIpc) is 3.25. The van der Waals surface area contributed by atoms with Crippen LogP contribution in [0, 0.1) is 0 Å². The summed E-state index contributed by atoms with van der Waals surface area (Å²) in [6.07, 6.45) is 1.54. The molecular weight excluding hydrogens is 374 g/mol. The first-order chi connectivity index (χ1) is 13.3. The van der Waals surface area contributed by atoms with Crippen LogP contribution in [0.3, 0.4) is 0 Å². The van der Waals surface area contributed by atoms with Crippen molar-refractivity contribution in [2.24, 2.45) is 0 Å². The number of aromatic nitrogens is 2. The van der Waals surface area contributed by atoms with Gasteiger partial charge >= 0.3 is 0 Å². The van der Waals surface area contributed by atoms with E-state index in [0.29, 0.717) is 5.75 Å². The molecule has 0 radical (unpaired) electrons. The molecule has 6 heteroatoms. The van der Waals surface area contributed by atoms with Crippen LogP contribution in [0.4, 0.5) is 0 Å². The number of carbonyl (C=O) groups excluding carboxylic acids is 1. The minimum atomic E-state index is -0.138. The fraction of sp³-hybridized carbons (Fsp3) is 0.0952. The molecule has 2 aromatic heterocycles. The molecule has 2 heterocycles. The van der Waals surface area contributed by atoms with Crippen molar-refractivity contribution in [1.29, 1.82) is 0 Å². The second-order valence-corrected chi connectivity index (χ2v) is 7.85. The molecule has 1 unspecified atom stereocenters. The van der Waals surface area contributed by atoms with Gasteiger partial charge in [-0.3, -0.25) is 4.79 Å². The van der Waals surface area contributed by atoms with E-state index in [9.17, 15) is 4.79 Å². The maximum atomic E-state index is 12.7. The molecule has 4 aromatic rings. The number of benzene rings is 2. The lowest BCUT2D eigenvalue weighted by Crippen LogP contribution is -2.30. The van der Waals surface area contributed by atoms with E-state index in [1.165, 1.54) is 11.8 Å². The fourth-order valence-electron chi connectivity index (χ4n) is 2.85. The van der Waals surface area contributed by atoms with Crippen LogP contribution in [-0.2, 0) is 4.79 Å². The van der Waals surface area contributed by atoms with Crippen LogP contribution >= 0.6 is 23.1 Å².